The van der Waals surface area contributed by atoms with Crippen LogP contribution < -0.4 is 26.6 Å². The van der Waals surface area contributed by atoms with E-state index in [0.717, 1.165) is 42.1 Å². The maximum absolute atomic E-state index is 13.2. The van der Waals surface area contributed by atoms with Crippen LogP contribution in [-0.4, -0.2) is 87.1 Å². The van der Waals surface area contributed by atoms with E-state index in [1.807, 2.05) is 12.1 Å². The van der Waals surface area contributed by atoms with Crippen LogP contribution in [0.2, 0.25) is 0 Å². The highest BCUT2D eigenvalue weighted by atomic mass is 32.2. The van der Waals surface area contributed by atoms with Crippen molar-refractivity contribution in [2.75, 3.05) is 38.2 Å². The van der Waals surface area contributed by atoms with Crippen LogP contribution in [-0.2, 0) is 38.0 Å². The fourth-order valence-electron chi connectivity index (χ4n) is 7.80. The Morgan fingerprint density at radius 3 is 2.52 bits per heavy atom. The van der Waals surface area contributed by atoms with Gasteiger partial charge in [-0.2, -0.15) is 22.4 Å². The fraction of sp³-hybridized carbons (Fsp3) is 0.543. The van der Waals surface area contributed by atoms with Gasteiger partial charge in [0.2, 0.25) is 17.8 Å². The van der Waals surface area contributed by atoms with E-state index in [-0.39, 0.29) is 55.2 Å². The summed E-state index contributed by atoms with van der Waals surface area (Å²) in [6.07, 6.45) is 8.73. The van der Waals surface area contributed by atoms with Gasteiger partial charge in [0, 0.05) is 69.4 Å². The van der Waals surface area contributed by atoms with Gasteiger partial charge in [-0.05, 0) is 62.6 Å². The summed E-state index contributed by atoms with van der Waals surface area (Å²) in [6, 6.07) is 8.33. The maximum atomic E-state index is 13.2. The molecular weight excluding hydrogens is 691 g/mol. The average molecular weight is 736 g/mol. The Kier molecular flexibility index (Phi) is 10.5. The van der Waals surface area contributed by atoms with E-state index >= 15 is 0 Å². The van der Waals surface area contributed by atoms with Gasteiger partial charge in [-0.3, -0.25) is 33.4 Å². The average Bonchev–Trinajstić information content (AvgIpc) is 3.75. The van der Waals surface area contributed by atoms with Gasteiger partial charge in [-0.25, -0.2) is 9.78 Å². The Bertz CT molecular complexity index is 2200. The normalized spacial score (nSPS) is 19.5. The number of benzene rings is 1. The number of imidazole rings is 1. The van der Waals surface area contributed by atoms with Crippen LogP contribution in [0.5, 0.6) is 0 Å². The van der Waals surface area contributed by atoms with E-state index in [4.69, 9.17) is 9.72 Å². The topological polar surface area (TPSA) is 192 Å². The van der Waals surface area contributed by atoms with Gasteiger partial charge in [0.15, 0.2) is 0 Å². The van der Waals surface area contributed by atoms with Gasteiger partial charge < -0.3 is 10.1 Å². The number of fused-ring (bicyclic) bond motifs is 2. The Morgan fingerprint density at radius 1 is 0.962 bits per heavy atom. The highest BCUT2D eigenvalue weighted by Gasteiger charge is 2.32. The van der Waals surface area contributed by atoms with Crippen molar-refractivity contribution in [3.63, 3.8) is 0 Å². The number of amides is 2. The van der Waals surface area contributed by atoms with Crippen molar-refractivity contribution in [2.24, 2.45) is 7.05 Å². The number of nitrogens with one attached hydrogen (secondary N) is 3. The lowest BCUT2D eigenvalue weighted by Gasteiger charge is -2.31. The molecule has 0 bridgehead atoms. The van der Waals surface area contributed by atoms with Crippen molar-refractivity contribution in [3.05, 3.63) is 62.9 Å². The number of anilines is 1. The summed E-state index contributed by atoms with van der Waals surface area (Å²) in [5.41, 5.74) is 2.58. The molecule has 2 aliphatic heterocycles. The van der Waals surface area contributed by atoms with E-state index in [0.29, 0.717) is 62.5 Å². The molecule has 7 rings (SSSR count). The number of pyridine rings is 1. The molecule has 1 saturated carbocycles. The van der Waals surface area contributed by atoms with Crippen LogP contribution in [0.4, 0.5) is 5.95 Å². The molecule has 16 nitrogen and oxygen atoms in total. The maximum Gasteiger partial charge on any atom is 0.329 e. The summed E-state index contributed by atoms with van der Waals surface area (Å²) in [7, 11) is -2.01. The zero-order valence-corrected chi connectivity index (χ0v) is 30.1. The molecule has 2 saturated heterocycles. The van der Waals surface area contributed by atoms with Crippen molar-refractivity contribution in [1.82, 2.24) is 38.0 Å². The number of imide groups is 1. The smallest absolute Gasteiger partial charge is 0.329 e. The second-order valence-corrected chi connectivity index (χ2v) is 15.6. The molecule has 1 aromatic carbocycles. The molecule has 4 aromatic rings. The van der Waals surface area contributed by atoms with Gasteiger partial charge in [0.1, 0.15) is 11.7 Å². The lowest BCUT2D eigenvalue weighted by Crippen LogP contribution is -2.48. The molecular formula is C35H45N9O7S. The molecule has 0 radical (unpaired) electrons. The number of carbonyl (C=O) groups is 2. The van der Waals surface area contributed by atoms with Crippen molar-refractivity contribution in [2.45, 2.75) is 82.3 Å². The predicted molar refractivity (Wildman–Crippen MR) is 194 cm³/mol. The SMILES string of the molecule is Cn1c(=O)n(C2CCC(=O)NC2=O)c2cccc(CCCOCCNS(=O)(=O)N3CCC(Nc4ncc5ccc(=O)n(C6CCCC6)c5n4)CC3)c21. The standard InChI is InChI=1S/C35H45N9O7S/c1-41-31-23(6-4-10-27(31)44(35(41)48)28-12-13-29(45)39-33(28)47)7-5-20-51-21-17-37-52(49,50)42-18-15-25(16-19-42)38-34-36-22-24-11-14-30(46)43(32(24)40-34)26-8-2-3-9-26/h4,6,10-11,14,22,25-26,28,37H,2-3,5,7-9,12-13,15-21H2,1H3,(H,36,38,40)(H,39,45,47). The van der Waals surface area contributed by atoms with Crippen molar-refractivity contribution in [3.8, 4) is 0 Å². The quantitative estimate of drug-likeness (QED) is 0.135. The summed E-state index contributed by atoms with van der Waals surface area (Å²) < 4.78 is 40.7. The third-order valence-electron chi connectivity index (χ3n) is 10.5. The Labute approximate surface area is 300 Å². The first kappa shape index (κ1) is 35.9. The zero-order valence-electron chi connectivity index (χ0n) is 29.3. The number of aromatic nitrogens is 5. The second kappa shape index (κ2) is 15.3. The minimum Gasteiger partial charge on any atom is -0.380 e. The Balaban J connectivity index is 0.858. The fourth-order valence-corrected chi connectivity index (χ4v) is 9.01. The van der Waals surface area contributed by atoms with E-state index in [1.54, 1.807) is 36.0 Å². The number of nitrogens with zero attached hydrogens (tertiary/aromatic N) is 6. The van der Waals surface area contributed by atoms with Gasteiger partial charge in [0.05, 0.1) is 17.6 Å². The molecule has 1 unspecified atom stereocenters. The van der Waals surface area contributed by atoms with Gasteiger partial charge in [-0.1, -0.05) is 25.0 Å². The Hall–Kier alpha value is -4.45. The third kappa shape index (κ3) is 7.40. The van der Waals surface area contributed by atoms with E-state index < -0.39 is 22.2 Å². The second-order valence-electron chi connectivity index (χ2n) is 13.8. The molecule has 3 N–H and O–H groups in total. The van der Waals surface area contributed by atoms with Crippen LogP contribution in [0.1, 0.15) is 75.4 Å². The first-order chi connectivity index (χ1) is 25.1. The predicted octanol–water partition coefficient (Wildman–Crippen LogP) is 1.90. The van der Waals surface area contributed by atoms with Crippen molar-refractivity contribution >= 4 is 50.0 Å². The zero-order chi connectivity index (χ0) is 36.4. The Morgan fingerprint density at radius 2 is 1.75 bits per heavy atom. The number of hydrogen-bond acceptors (Lipinski definition) is 10. The van der Waals surface area contributed by atoms with Crippen LogP contribution in [0.25, 0.3) is 22.1 Å². The number of carbonyl (C=O) groups excluding carboxylic acids is 2. The summed E-state index contributed by atoms with van der Waals surface area (Å²) in [6.45, 7) is 1.41. The van der Waals surface area contributed by atoms with Gasteiger partial charge in [-0.15, -0.1) is 0 Å². The highest BCUT2D eigenvalue weighted by molar-refractivity contribution is 7.87. The molecule has 3 fully saturated rings. The van der Waals surface area contributed by atoms with Crippen molar-refractivity contribution < 1.29 is 22.7 Å². The molecule has 0 spiro atoms. The molecule has 5 heterocycles. The van der Waals surface area contributed by atoms with E-state index in [9.17, 15) is 27.6 Å². The largest absolute Gasteiger partial charge is 0.380 e. The number of aryl methyl sites for hydroxylation is 2. The molecule has 3 aromatic heterocycles. The molecule has 1 aliphatic carbocycles. The molecule has 278 valence electrons. The number of rotatable bonds is 13. The van der Waals surface area contributed by atoms with Crippen LogP contribution in [0.15, 0.2) is 46.1 Å². The van der Waals surface area contributed by atoms with E-state index in [1.165, 1.54) is 13.4 Å². The van der Waals surface area contributed by atoms with E-state index in [2.05, 4.69) is 20.3 Å². The van der Waals surface area contributed by atoms with Crippen LogP contribution >= 0.6 is 0 Å². The van der Waals surface area contributed by atoms with Gasteiger partial charge in [0.25, 0.3) is 15.8 Å². The van der Waals surface area contributed by atoms with Gasteiger partial charge >= 0.3 is 5.69 Å². The summed E-state index contributed by atoms with van der Waals surface area (Å²) in [5.74, 6) is -0.367. The lowest BCUT2D eigenvalue weighted by molar-refractivity contribution is -0.135. The number of para-hydroxylation sites is 1. The molecule has 17 heteroatoms. The minimum absolute atomic E-state index is 0.00754. The molecule has 1 atom stereocenters. The number of hydrogen-bond donors (Lipinski definition) is 3. The molecule has 3 aliphatic rings. The van der Waals surface area contributed by atoms with Crippen molar-refractivity contribution in [1.29, 1.82) is 0 Å². The summed E-state index contributed by atoms with van der Waals surface area (Å²) in [4.78, 5) is 59.2. The number of ether oxygens (including phenoxy) is 1. The summed E-state index contributed by atoms with van der Waals surface area (Å²) in [5, 5.41) is 6.50. The molecule has 52 heavy (non-hydrogen) atoms. The first-order valence-corrected chi connectivity index (χ1v) is 19.5. The highest BCUT2D eigenvalue weighted by Crippen LogP contribution is 2.30. The minimum atomic E-state index is -3.69. The monoisotopic (exact) mass is 735 g/mol. The van der Waals surface area contributed by atoms with Crippen LogP contribution in [0.3, 0.4) is 0 Å². The third-order valence-corrected chi connectivity index (χ3v) is 12.1. The number of piperidine rings is 2. The summed E-state index contributed by atoms with van der Waals surface area (Å²) >= 11 is 0. The van der Waals surface area contributed by atoms with Crippen LogP contribution in [0, 0.1) is 0 Å². The lowest BCUT2D eigenvalue weighted by atomic mass is 10.0. The molecule has 2 amide bonds. The first-order valence-electron chi connectivity index (χ1n) is 18.1.